The highest BCUT2D eigenvalue weighted by Gasteiger charge is 2.21. The van der Waals surface area contributed by atoms with Crippen molar-refractivity contribution >= 4 is 17.4 Å². The van der Waals surface area contributed by atoms with Gasteiger partial charge in [0.25, 0.3) is 0 Å². The molecule has 0 bridgehead atoms. The Balaban J connectivity index is 3.24. The lowest BCUT2D eigenvalue weighted by molar-refractivity contribution is 0.0942. The molecule has 1 aromatic carbocycles. The number of likely N-dealkylation sites (N-methyl/N-ethyl adjacent to an activating group) is 1. The Labute approximate surface area is 107 Å². The van der Waals surface area contributed by atoms with E-state index in [0.29, 0.717) is 16.3 Å². The molecule has 1 N–H and O–H groups in total. The maximum absolute atomic E-state index is 12.3. The van der Waals surface area contributed by atoms with Crippen LogP contribution in [0.25, 0.3) is 0 Å². The van der Waals surface area contributed by atoms with Crippen molar-refractivity contribution in [3.05, 3.63) is 28.3 Å². The molecule has 94 valence electrons. The van der Waals surface area contributed by atoms with Crippen LogP contribution in [0.15, 0.2) is 12.1 Å². The Morgan fingerprint density at radius 1 is 1.53 bits per heavy atom. The summed E-state index contributed by atoms with van der Waals surface area (Å²) in [4.78, 5) is 12.3. The van der Waals surface area contributed by atoms with E-state index in [-0.39, 0.29) is 11.8 Å². The van der Waals surface area contributed by atoms with Crippen LogP contribution in [0.4, 0.5) is 0 Å². The number of carbonyl (C=O) groups is 1. The van der Waals surface area contributed by atoms with Gasteiger partial charge in [0, 0.05) is 5.02 Å². The molecule has 0 aliphatic carbocycles. The van der Waals surface area contributed by atoms with Gasteiger partial charge >= 0.3 is 0 Å². The van der Waals surface area contributed by atoms with Crippen LogP contribution in [0, 0.1) is 6.92 Å². The van der Waals surface area contributed by atoms with Crippen molar-refractivity contribution in [2.75, 3.05) is 14.2 Å². The maximum Gasteiger partial charge on any atom is 0.183 e. The van der Waals surface area contributed by atoms with Crippen LogP contribution in [-0.4, -0.2) is 26.0 Å². The van der Waals surface area contributed by atoms with Gasteiger partial charge in [-0.15, -0.1) is 0 Å². The SMILES string of the molecule is CCC(NC)C(=O)c1cc(Cl)cc(C)c1OC. The van der Waals surface area contributed by atoms with E-state index < -0.39 is 0 Å². The average molecular weight is 256 g/mol. The first-order valence-corrected chi connectivity index (χ1v) is 5.98. The molecule has 1 unspecified atom stereocenters. The van der Waals surface area contributed by atoms with E-state index in [2.05, 4.69) is 5.32 Å². The molecule has 0 saturated carbocycles. The Morgan fingerprint density at radius 2 is 2.18 bits per heavy atom. The lowest BCUT2D eigenvalue weighted by Gasteiger charge is -2.16. The molecule has 1 aromatic rings. The molecule has 0 heterocycles. The van der Waals surface area contributed by atoms with Crippen LogP contribution in [0.3, 0.4) is 0 Å². The number of Topliss-reactive ketones (excluding diaryl/α,β-unsaturated/α-hetero) is 1. The van der Waals surface area contributed by atoms with E-state index in [4.69, 9.17) is 16.3 Å². The third-order valence-electron chi connectivity index (χ3n) is 2.78. The largest absolute Gasteiger partial charge is 0.496 e. The van der Waals surface area contributed by atoms with Gasteiger partial charge in [0.1, 0.15) is 5.75 Å². The zero-order valence-corrected chi connectivity index (χ0v) is 11.4. The smallest absolute Gasteiger partial charge is 0.183 e. The second kappa shape index (κ2) is 6.03. The molecule has 0 aliphatic rings. The van der Waals surface area contributed by atoms with Gasteiger partial charge in [0.05, 0.1) is 18.7 Å². The fourth-order valence-electron chi connectivity index (χ4n) is 1.89. The van der Waals surface area contributed by atoms with Crippen LogP contribution in [-0.2, 0) is 0 Å². The van der Waals surface area contributed by atoms with Gasteiger partial charge in [-0.05, 0) is 38.1 Å². The third kappa shape index (κ3) is 2.99. The number of hydrogen-bond acceptors (Lipinski definition) is 3. The second-order valence-corrected chi connectivity index (χ2v) is 4.35. The number of benzene rings is 1. The molecule has 1 rings (SSSR count). The van der Waals surface area contributed by atoms with E-state index in [1.54, 1.807) is 26.3 Å². The highest BCUT2D eigenvalue weighted by molar-refractivity contribution is 6.31. The number of rotatable bonds is 5. The number of ether oxygens (including phenoxy) is 1. The number of nitrogens with one attached hydrogen (secondary N) is 1. The molecule has 0 saturated heterocycles. The van der Waals surface area contributed by atoms with Crippen molar-refractivity contribution in [3.63, 3.8) is 0 Å². The number of ketones is 1. The molecule has 0 aliphatic heterocycles. The summed E-state index contributed by atoms with van der Waals surface area (Å²) in [7, 11) is 3.34. The molecule has 4 heteroatoms. The first kappa shape index (κ1) is 14.0. The zero-order chi connectivity index (χ0) is 13.0. The van der Waals surface area contributed by atoms with E-state index in [0.717, 1.165) is 12.0 Å². The summed E-state index contributed by atoms with van der Waals surface area (Å²) >= 11 is 5.99. The van der Waals surface area contributed by atoms with Crippen molar-refractivity contribution < 1.29 is 9.53 Å². The van der Waals surface area contributed by atoms with Gasteiger partial charge in [-0.1, -0.05) is 18.5 Å². The second-order valence-electron chi connectivity index (χ2n) is 3.92. The molecule has 0 fully saturated rings. The molecule has 0 amide bonds. The monoisotopic (exact) mass is 255 g/mol. The topological polar surface area (TPSA) is 38.3 Å². The van der Waals surface area contributed by atoms with Crippen molar-refractivity contribution in [3.8, 4) is 5.75 Å². The van der Waals surface area contributed by atoms with Crippen molar-refractivity contribution in [2.45, 2.75) is 26.3 Å². The quantitative estimate of drug-likeness (QED) is 0.823. The normalized spacial score (nSPS) is 12.3. The van der Waals surface area contributed by atoms with Crippen LogP contribution in [0.1, 0.15) is 29.3 Å². The third-order valence-corrected chi connectivity index (χ3v) is 3.00. The van der Waals surface area contributed by atoms with Gasteiger partial charge in [-0.25, -0.2) is 0 Å². The van der Waals surface area contributed by atoms with E-state index in [9.17, 15) is 4.79 Å². The summed E-state index contributed by atoms with van der Waals surface area (Å²) in [6.45, 7) is 3.84. The molecular weight excluding hydrogens is 238 g/mol. The summed E-state index contributed by atoms with van der Waals surface area (Å²) in [6.07, 6.45) is 0.726. The fourth-order valence-corrected chi connectivity index (χ4v) is 2.16. The average Bonchev–Trinajstić information content (AvgIpc) is 2.29. The number of aryl methyl sites for hydroxylation is 1. The minimum Gasteiger partial charge on any atom is -0.496 e. The Bertz CT molecular complexity index is 414. The van der Waals surface area contributed by atoms with Crippen molar-refractivity contribution in [2.24, 2.45) is 0 Å². The molecule has 1 atom stereocenters. The van der Waals surface area contributed by atoms with Crippen LogP contribution in [0.5, 0.6) is 5.75 Å². The lowest BCUT2D eigenvalue weighted by atomic mass is 9.99. The standard InChI is InChI=1S/C13H18ClNO2/c1-5-11(15-3)12(16)10-7-9(14)6-8(2)13(10)17-4/h6-7,11,15H,5H2,1-4H3. The molecule has 17 heavy (non-hydrogen) atoms. The Kier molecular flexibility index (Phi) is 4.97. The highest BCUT2D eigenvalue weighted by Crippen LogP contribution is 2.28. The van der Waals surface area contributed by atoms with Gasteiger partial charge in [0.2, 0.25) is 0 Å². The summed E-state index contributed by atoms with van der Waals surface area (Å²) in [5.41, 5.74) is 1.41. The zero-order valence-electron chi connectivity index (χ0n) is 10.6. The molecular formula is C13H18ClNO2. The number of hydrogen-bond donors (Lipinski definition) is 1. The predicted octanol–water partition coefficient (Wildman–Crippen LogP) is 2.84. The minimum absolute atomic E-state index is 0.0115. The maximum atomic E-state index is 12.3. The minimum atomic E-state index is -0.207. The molecule has 0 spiro atoms. The predicted molar refractivity (Wildman–Crippen MR) is 70.2 cm³/mol. The molecule has 0 aromatic heterocycles. The summed E-state index contributed by atoms with van der Waals surface area (Å²) < 4.78 is 5.28. The van der Waals surface area contributed by atoms with Gasteiger partial charge in [-0.3, -0.25) is 4.79 Å². The first-order valence-electron chi connectivity index (χ1n) is 5.60. The van der Waals surface area contributed by atoms with E-state index >= 15 is 0 Å². The van der Waals surface area contributed by atoms with Crippen LogP contribution >= 0.6 is 11.6 Å². The number of carbonyl (C=O) groups excluding carboxylic acids is 1. The molecule has 3 nitrogen and oxygen atoms in total. The lowest BCUT2D eigenvalue weighted by Crippen LogP contribution is -2.33. The van der Waals surface area contributed by atoms with E-state index in [1.807, 2.05) is 13.8 Å². The number of methoxy groups -OCH3 is 1. The highest BCUT2D eigenvalue weighted by atomic mass is 35.5. The number of halogens is 1. The van der Waals surface area contributed by atoms with E-state index in [1.165, 1.54) is 0 Å². The Hall–Kier alpha value is -1.06. The van der Waals surface area contributed by atoms with Crippen molar-refractivity contribution in [1.82, 2.24) is 5.32 Å². The van der Waals surface area contributed by atoms with Gasteiger partial charge in [0.15, 0.2) is 5.78 Å². The van der Waals surface area contributed by atoms with Gasteiger partial charge < -0.3 is 10.1 Å². The van der Waals surface area contributed by atoms with Crippen LogP contribution < -0.4 is 10.1 Å². The van der Waals surface area contributed by atoms with Gasteiger partial charge in [-0.2, -0.15) is 0 Å². The summed E-state index contributed by atoms with van der Waals surface area (Å²) in [6, 6.07) is 3.24. The first-order chi connectivity index (χ1) is 8.04. The summed E-state index contributed by atoms with van der Waals surface area (Å²) in [5, 5.41) is 3.55. The molecule has 0 radical (unpaired) electrons. The fraction of sp³-hybridized carbons (Fsp3) is 0.462. The van der Waals surface area contributed by atoms with Crippen LogP contribution in [0.2, 0.25) is 5.02 Å². The van der Waals surface area contributed by atoms with Crippen molar-refractivity contribution in [1.29, 1.82) is 0 Å². The summed E-state index contributed by atoms with van der Waals surface area (Å²) in [5.74, 6) is 0.616. The Morgan fingerprint density at radius 3 is 2.65 bits per heavy atom.